The Morgan fingerprint density at radius 2 is 2.07 bits per heavy atom. The molecule has 2 heterocycles. The molecule has 0 fully saturated rings. The third-order valence-corrected chi connectivity index (χ3v) is 3.87. The lowest BCUT2D eigenvalue weighted by Gasteiger charge is -2.07. The van der Waals surface area contributed by atoms with Crippen molar-refractivity contribution in [2.24, 2.45) is 5.16 Å². The van der Waals surface area contributed by atoms with Crippen LogP contribution in [0.1, 0.15) is 12.5 Å². The number of halogens is 1. The summed E-state index contributed by atoms with van der Waals surface area (Å²) in [4.78, 5) is 32.2. The van der Waals surface area contributed by atoms with Crippen LogP contribution in [-0.2, 0) is 19.2 Å². The number of benzene rings is 1. The predicted octanol–water partition coefficient (Wildman–Crippen LogP) is 2.39. The Bertz CT molecular complexity index is 918. The number of esters is 1. The van der Waals surface area contributed by atoms with Gasteiger partial charge in [-0.1, -0.05) is 16.8 Å². The Morgan fingerprint density at radius 1 is 1.25 bits per heavy atom. The molecule has 0 atom stereocenters. The number of nitrogens with zero attached hydrogens (tertiary/aromatic N) is 2. The van der Waals surface area contributed by atoms with Gasteiger partial charge >= 0.3 is 5.97 Å². The molecule has 2 aromatic rings. The SMILES string of the molecule is C/C(=N/OCC(=O)OCC(=O)Nc1cccnc1Cl)c1ccc2c(c1)OCO2. The molecule has 3 rings (SSSR count). The van der Waals surface area contributed by atoms with E-state index in [4.69, 9.17) is 30.6 Å². The number of amides is 1. The average molecular weight is 406 g/mol. The van der Waals surface area contributed by atoms with Gasteiger partial charge < -0.3 is 24.4 Å². The van der Waals surface area contributed by atoms with Crippen LogP contribution in [0.4, 0.5) is 5.69 Å². The van der Waals surface area contributed by atoms with E-state index in [2.05, 4.69) is 15.5 Å². The maximum Gasteiger partial charge on any atom is 0.347 e. The van der Waals surface area contributed by atoms with Gasteiger partial charge in [0.15, 0.2) is 23.3 Å². The van der Waals surface area contributed by atoms with Crippen LogP contribution in [0, 0.1) is 0 Å². The molecule has 1 amide bonds. The zero-order valence-electron chi connectivity index (χ0n) is 14.8. The van der Waals surface area contributed by atoms with Gasteiger partial charge in [-0.15, -0.1) is 0 Å². The third kappa shape index (κ3) is 5.10. The van der Waals surface area contributed by atoms with Gasteiger partial charge in [-0.3, -0.25) is 4.79 Å². The molecule has 0 saturated carbocycles. The fourth-order valence-corrected chi connectivity index (χ4v) is 2.38. The monoisotopic (exact) mass is 405 g/mol. The molecule has 1 N–H and O–H groups in total. The van der Waals surface area contributed by atoms with E-state index in [1.165, 1.54) is 6.20 Å². The highest BCUT2D eigenvalue weighted by molar-refractivity contribution is 6.32. The van der Waals surface area contributed by atoms with Crippen molar-refractivity contribution in [1.82, 2.24) is 4.98 Å². The number of oxime groups is 1. The summed E-state index contributed by atoms with van der Waals surface area (Å²) in [6.07, 6.45) is 1.49. The van der Waals surface area contributed by atoms with Gasteiger partial charge in [0, 0.05) is 11.8 Å². The van der Waals surface area contributed by atoms with Crippen molar-refractivity contribution in [2.45, 2.75) is 6.92 Å². The highest BCUT2D eigenvalue weighted by Crippen LogP contribution is 2.32. The number of anilines is 1. The molecule has 0 saturated heterocycles. The second kappa shape index (κ2) is 9.05. The molecule has 9 nitrogen and oxygen atoms in total. The third-order valence-electron chi connectivity index (χ3n) is 3.57. The second-order valence-electron chi connectivity index (χ2n) is 5.57. The zero-order chi connectivity index (χ0) is 19.9. The zero-order valence-corrected chi connectivity index (χ0v) is 15.6. The highest BCUT2D eigenvalue weighted by atomic mass is 35.5. The summed E-state index contributed by atoms with van der Waals surface area (Å²) < 4.78 is 15.4. The number of hydrogen-bond donors (Lipinski definition) is 1. The fourth-order valence-electron chi connectivity index (χ4n) is 2.21. The van der Waals surface area contributed by atoms with Crippen LogP contribution in [0.25, 0.3) is 0 Å². The Balaban J connectivity index is 1.42. The topological polar surface area (TPSA) is 108 Å². The molecule has 10 heteroatoms. The number of aromatic nitrogens is 1. The van der Waals surface area contributed by atoms with E-state index in [-0.39, 0.29) is 11.9 Å². The predicted molar refractivity (Wildman–Crippen MR) is 99.6 cm³/mol. The summed E-state index contributed by atoms with van der Waals surface area (Å²) >= 11 is 5.83. The summed E-state index contributed by atoms with van der Waals surface area (Å²) in [6, 6.07) is 8.50. The van der Waals surface area contributed by atoms with Crippen molar-refractivity contribution >= 4 is 34.9 Å². The molecule has 146 valence electrons. The molecule has 0 spiro atoms. The number of hydrogen-bond acceptors (Lipinski definition) is 8. The van der Waals surface area contributed by atoms with Gasteiger partial charge in [-0.2, -0.15) is 0 Å². The molecule has 1 aliphatic heterocycles. The number of ether oxygens (including phenoxy) is 3. The highest BCUT2D eigenvalue weighted by Gasteiger charge is 2.14. The molecule has 1 aromatic heterocycles. The van der Waals surface area contributed by atoms with E-state index in [1.807, 2.05) is 0 Å². The molecule has 0 aliphatic carbocycles. The molecular formula is C18H16ClN3O6. The minimum Gasteiger partial charge on any atom is -0.454 e. The average Bonchev–Trinajstić information content (AvgIpc) is 3.16. The van der Waals surface area contributed by atoms with Crippen molar-refractivity contribution in [2.75, 3.05) is 25.3 Å². The number of pyridine rings is 1. The molecule has 0 unspecified atom stereocenters. The van der Waals surface area contributed by atoms with Crippen LogP contribution in [0.2, 0.25) is 5.15 Å². The lowest BCUT2D eigenvalue weighted by atomic mass is 10.1. The molecule has 0 bridgehead atoms. The van der Waals surface area contributed by atoms with Crippen LogP contribution in [0.5, 0.6) is 11.5 Å². The Labute approximate surface area is 165 Å². The summed E-state index contributed by atoms with van der Waals surface area (Å²) in [6.45, 7) is 0.965. The van der Waals surface area contributed by atoms with E-state index >= 15 is 0 Å². The van der Waals surface area contributed by atoms with E-state index in [0.717, 1.165) is 5.56 Å². The number of nitrogens with one attached hydrogen (secondary N) is 1. The van der Waals surface area contributed by atoms with E-state index < -0.39 is 25.1 Å². The minimum absolute atomic E-state index is 0.138. The van der Waals surface area contributed by atoms with E-state index in [1.54, 1.807) is 37.3 Å². The maximum absolute atomic E-state index is 11.8. The first-order valence-corrected chi connectivity index (χ1v) is 8.53. The first-order valence-electron chi connectivity index (χ1n) is 8.15. The number of carbonyl (C=O) groups is 2. The fraction of sp³-hybridized carbons (Fsp3) is 0.222. The lowest BCUT2D eigenvalue weighted by Crippen LogP contribution is -2.22. The summed E-state index contributed by atoms with van der Waals surface area (Å²) in [5, 5.41) is 6.48. The molecule has 1 aliphatic rings. The number of fused-ring (bicyclic) bond motifs is 1. The van der Waals surface area contributed by atoms with Crippen LogP contribution in [0.15, 0.2) is 41.7 Å². The second-order valence-corrected chi connectivity index (χ2v) is 5.93. The molecule has 0 radical (unpaired) electrons. The first kappa shape index (κ1) is 19.4. The van der Waals surface area contributed by atoms with Crippen LogP contribution < -0.4 is 14.8 Å². The van der Waals surface area contributed by atoms with Crippen molar-refractivity contribution in [3.63, 3.8) is 0 Å². The number of rotatable bonds is 7. The van der Waals surface area contributed by atoms with Gasteiger partial charge in [0.2, 0.25) is 13.4 Å². The maximum atomic E-state index is 11.8. The van der Waals surface area contributed by atoms with Crippen LogP contribution >= 0.6 is 11.6 Å². The summed E-state index contributed by atoms with van der Waals surface area (Å²) in [5.41, 5.74) is 1.62. The van der Waals surface area contributed by atoms with Gasteiger partial charge in [-0.05, 0) is 37.3 Å². The van der Waals surface area contributed by atoms with Crippen molar-refractivity contribution < 1.29 is 28.6 Å². The van der Waals surface area contributed by atoms with Gasteiger partial charge in [0.25, 0.3) is 5.91 Å². The minimum atomic E-state index is -0.741. The van der Waals surface area contributed by atoms with Crippen LogP contribution in [0.3, 0.4) is 0 Å². The van der Waals surface area contributed by atoms with Gasteiger partial charge in [-0.25, -0.2) is 9.78 Å². The molecular weight excluding hydrogens is 390 g/mol. The number of carbonyl (C=O) groups excluding carboxylic acids is 2. The van der Waals surface area contributed by atoms with Gasteiger partial charge in [0.1, 0.15) is 0 Å². The lowest BCUT2D eigenvalue weighted by molar-refractivity contribution is -0.151. The van der Waals surface area contributed by atoms with Crippen molar-refractivity contribution in [3.8, 4) is 11.5 Å². The Kier molecular flexibility index (Phi) is 6.28. The molecule has 28 heavy (non-hydrogen) atoms. The largest absolute Gasteiger partial charge is 0.454 e. The van der Waals surface area contributed by atoms with Gasteiger partial charge in [0.05, 0.1) is 11.4 Å². The quantitative estimate of drug-likeness (QED) is 0.326. The van der Waals surface area contributed by atoms with Crippen LogP contribution in [-0.4, -0.2) is 42.6 Å². The van der Waals surface area contributed by atoms with Crippen molar-refractivity contribution in [1.29, 1.82) is 0 Å². The van der Waals surface area contributed by atoms with E-state index in [9.17, 15) is 9.59 Å². The summed E-state index contributed by atoms with van der Waals surface area (Å²) in [5.74, 6) is -0.0175. The summed E-state index contributed by atoms with van der Waals surface area (Å²) in [7, 11) is 0. The van der Waals surface area contributed by atoms with E-state index in [0.29, 0.717) is 22.9 Å². The Morgan fingerprint density at radius 3 is 2.89 bits per heavy atom. The molecule has 1 aromatic carbocycles. The first-order chi connectivity index (χ1) is 13.5. The Hall–Kier alpha value is -3.33. The normalized spacial score (nSPS) is 12.4. The van der Waals surface area contributed by atoms with Crippen molar-refractivity contribution in [3.05, 3.63) is 47.2 Å². The smallest absolute Gasteiger partial charge is 0.347 e. The standard InChI is InChI=1S/C18H16ClN3O6/c1-11(12-4-5-14-15(7-12)27-10-26-14)22-28-9-17(24)25-8-16(23)21-13-3-2-6-20-18(13)19/h2-7H,8-10H2,1H3,(H,21,23)/b22-11-.